The van der Waals surface area contributed by atoms with Gasteiger partial charge in [-0.3, -0.25) is 4.79 Å². The number of carbonyl (C=O) groups is 1. The summed E-state index contributed by atoms with van der Waals surface area (Å²) in [5.41, 5.74) is 0. The van der Waals surface area contributed by atoms with E-state index in [0.29, 0.717) is 24.3 Å². The molecule has 0 N–H and O–H groups in total. The van der Waals surface area contributed by atoms with Gasteiger partial charge < -0.3 is 14.5 Å². The molecule has 6 nitrogen and oxygen atoms in total. The number of aromatic nitrogens is 2. The highest BCUT2D eigenvalue weighted by atomic mass is 16.5. The SMILES string of the molecule is CCOc1ccnc(N2CCN(C(=O)C3CC=CCC3)CC2)n1. The molecule has 1 aliphatic carbocycles. The molecule has 0 bridgehead atoms. The van der Waals surface area contributed by atoms with E-state index in [0.717, 1.165) is 45.4 Å². The Kier molecular flexibility index (Phi) is 5.10. The molecule has 1 aliphatic heterocycles. The van der Waals surface area contributed by atoms with Crippen LogP contribution in [0.5, 0.6) is 5.88 Å². The van der Waals surface area contributed by atoms with E-state index < -0.39 is 0 Å². The van der Waals surface area contributed by atoms with Gasteiger partial charge in [0.25, 0.3) is 0 Å². The highest BCUT2D eigenvalue weighted by molar-refractivity contribution is 5.79. The fourth-order valence-electron chi connectivity index (χ4n) is 3.12. The summed E-state index contributed by atoms with van der Waals surface area (Å²) in [5, 5.41) is 0. The second-order valence-electron chi connectivity index (χ2n) is 5.92. The third-order valence-corrected chi connectivity index (χ3v) is 4.40. The van der Waals surface area contributed by atoms with Crippen LogP contribution in [0.15, 0.2) is 24.4 Å². The Labute approximate surface area is 137 Å². The second-order valence-corrected chi connectivity index (χ2v) is 5.92. The number of hydrogen-bond acceptors (Lipinski definition) is 5. The summed E-state index contributed by atoms with van der Waals surface area (Å²) in [6.07, 6.45) is 8.92. The Morgan fingerprint density at radius 2 is 2.13 bits per heavy atom. The van der Waals surface area contributed by atoms with Gasteiger partial charge in [-0.25, -0.2) is 4.98 Å². The summed E-state index contributed by atoms with van der Waals surface area (Å²) < 4.78 is 5.43. The van der Waals surface area contributed by atoms with E-state index in [1.807, 2.05) is 11.8 Å². The molecule has 1 aromatic rings. The van der Waals surface area contributed by atoms with Crippen molar-refractivity contribution in [2.24, 2.45) is 5.92 Å². The molecule has 2 aliphatic rings. The van der Waals surface area contributed by atoms with E-state index in [1.54, 1.807) is 12.3 Å². The number of nitrogens with zero attached hydrogens (tertiary/aromatic N) is 4. The molecular weight excluding hydrogens is 292 g/mol. The van der Waals surface area contributed by atoms with Gasteiger partial charge in [-0.1, -0.05) is 12.2 Å². The molecule has 1 atom stereocenters. The average molecular weight is 316 g/mol. The second kappa shape index (κ2) is 7.44. The summed E-state index contributed by atoms with van der Waals surface area (Å²) in [6, 6.07) is 1.77. The lowest BCUT2D eigenvalue weighted by Gasteiger charge is -2.36. The molecule has 0 spiro atoms. The van der Waals surface area contributed by atoms with Crippen molar-refractivity contribution >= 4 is 11.9 Å². The van der Waals surface area contributed by atoms with Crippen molar-refractivity contribution in [2.75, 3.05) is 37.7 Å². The third-order valence-electron chi connectivity index (χ3n) is 4.40. The van der Waals surface area contributed by atoms with Gasteiger partial charge >= 0.3 is 0 Å². The van der Waals surface area contributed by atoms with Crippen molar-refractivity contribution < 1.29 is 9.53 Å². The van der Waals surface area contributed by atoms with Gasteiger partial charge in [-0.15, -0.1) is 0 Å². The molecular formula is C17H24N4O2. The summed E-state index contributed by atoms with van der Waals surface area (Å²) >= 11 is 0. The highest BCUT2D eigenvalue weighted by Crippen LogP contribution is 2.22. The van der Waals surface area contributed by atoms with Crippen LogP contribution < -0.4 is 9.64 Å². The van der Waals surface area contributed by atoms with Crippen molar-refractivity contribution in [3.8, 4) is 5.88 Å². The number of allylic oxidation sites excluding steroid dienone is 2. The Morgan fingerprint density at radius 3 is 2.83 bits per heavy atom. The van der Waals surface area contributed by atoms with Gasteiger partial charge in [0.2, 0.25) is 17.7 Å². The average Bonchev–Trinajstić information content (AvgIpc) is 2.62. The van der Waals surface area contributed by atoms with Crippen LogP contribution in [0.25, 0.3) is 0 Å². The first-order valence-electron chi connectivity index (χ1n) is 8.42. The fourth-order valence-corrected chi connectivity index (χ4v) is 3.12. The lowest BCUT2D eigenvalue weighted by Crippen LogP contribution is -2.51. The zero-order chi connectivity index (χ0) is 16.1. The van der Waals surface area contributed by atoms with Gasteiger partial charge in [-0.05, 0) is 26.2 Å². The zero-order valence-electron chi connectivity index (χ0n) is 13.6. The minimum Gasteiger partial charge on any atom is -0.478 e. The zero-order valence-corrected chi connectivity index (χ0v) is 13.6. The molecule has 2 heterocycles. The van der Waals surface area contributed by atoms with Crippen molar-refractivity contribution in [1.29, 1.82) is 0 Å². The van der Waals surface area contributed by atoms with Gasteiger partial charge in [-0.2, -0.15) is 4.98 Å². The fraction of sp³-hybridized carbons (Fsp3) is 0.588. The summed E-state index contributed by atoms with van der Waals surface area (Å²) in [5.74, 6) is 1.76. The molecule has 0 aromatic carbocycles. The van der Waals surface area contributed by atoms with Gasteiger partial charge in [0.15, 0.2) is 0 Å². The van der Waals surface area contributed by atoms with Crippen LogP contribution in [-0.4, -0.2) is 53.6 Å². The smallest absolute Gasteiger partial charge is 0.228 e. The van der Waals surface area contributed by atoms with Crippen LogP contribution in [0.3, 0.4) is 0 Å². The van der Waals surface area contributed by atoms with E-state index >= 15 is 0 Å². The molecule has 124 valence electrons. The number of piperazine rings is 1. The summed E-state index contributed by atoms with van der Waals surface area (Å²) in [7, 11) is 0. The maximum atomic E-state index is 12.6. The molecule has 23 heavy (non-hydrogen) atoms. The van der Waals surface area contributed by atoms with E-state index in [-0.39, 0.29) is 5.92 Å². The monoisotopic (exact) mass is 316 g/mol. The number of hydrogen-bond donors (Lipinski definition) is 0. The van der Waals surface area contributed by atoms with Crippen molar-refractivity contribution in [3.63, 3.8) is 0 Å². The summed E-state index contributed by atoms with van der Waals surface area (Å²) in [4.78, 5) is 25.4. The van der Waals surface area contributed by atoms with Gasteiger partial charge in [0.1, 0.15) is 0 Å². The van der Waals surface area contributed by atoms with E-state index in [2.05, 4.69) is 27.0 Å². The Bertz CT molecular complexity index is 567. The molecule has 1 saturated heterocycles. The van der Waals surface area contributed by atoms with Gasteiger partial charge in [0.05, 0.1) is 6.61 Å². The molecule has 1 fully saturated rings. The molecule has 1 aromatic heterocycles. The molecule has 6 heteroatoms. The van der Waals surface area contributed by atoms with Crippen molar-refractivity contribution in [3.05, 3.63) is 24.4 Å². The molecule has 0 saturated carbocycles. The number of rotatable bonds is 4. The van der Waals surface area contributed by atoms with E-state index in [1.165, 1.54) is 0 Å². The molecule has 1 unspecified atom stereocenters. The topological polar surface area (TPSA) is 58.6 Å². The Balaban J connectivity index is 1.56. The lowest BCUT2D eigenvalue weighted by molar-refractivity contribution is -0.136. The number of ether oxygens (including phenoxy) is 1. The van der Waals surface area contributed by atoms with E-state index in [4.69, 9.17) is 4.74 Å². The first-order valence-corrected chi connectivity index (χ1v) is 8.42. The van der Waals surface area contributed by atoms with Crippen molar-refractivity contribution in [1.82, 2.24) is 14.9 Å². The number of carbonyl (C=O) groups excluding carboxylic acids is 1. The Hall–Kier alpha value is -2.11. The van der Waals surface area contributed by atoms with E-state index in [9.17, 15) is 4.79 Å². The number of anilines is 1. The predicted octanol–water partition coefficient (Wildman–Crippen LogP) is 1.88. The Morgan fingerprint density at radius 1 is 1.30 bits per heavy atom. The van der Waals surface area contributed by atoms with Crippen LogP contribution in [0.2, 0.25) is 0 Å². The number of amides is 1. The lowest BCUT2D eigenvalue weighted by atomic mass is 9.93. The van der Waals surface area contributed by atoms with Crippen LogP contribution in [0, 0.1) is 5.92 Å². The summed E-state index contributed by atoms with van der Waals surface area (Å²) in [6.45, 7) is 5.54. The molecule has 1 amide bonds. The minimum absolute atomic E-state index is 0.170. The standard InChI is InChI=1S/C17H24N4O2/c1-2-23-15-8-9-18-17(19-15)21-12-10-20(11-13-21)16(22)14-6-4-3-5-7-14/h3-4,8-9,14H,2,5-7,10-13H2,1H3. The largest absolute Gasteiger partial charge is 0.478 e. The third kappa shape index (κ3) is 3.81. The first-order chi connectivity index (χ1) is 11.3. The van der Waals surface area contributed by atoms with Crippen LogP contribution in [0.1, 0.15) is 26.2 Å². The molecule has 0 radical (unpaired) electrons. The normalized spacial score (nSPS) is 21.3. The highest BCUT2D eigenvalue weighted by Gasteiger charge is 2.28. The van der Waals surface area contributed by atoms with Crippen LogP contribution >= 0.6 is 0 Å². The minimum atomic E-state index is 0.170. The van der Waals surface area contributed by atoms with Gasteiger partial charge in [0, 0.05) is 44.4 Å². The molecule has 3 rings (SSSR count). The van der Waals surface area contributed by atoms with Crippen molar-refractivity contribution in [2.45, 2.75) is 26.2 Å². The quantitative estimate of drug-likeness (QED) is 0.794. The maximum Gasteiger partial charge on any atom is 0.228 e. The predicted molar refractivity (Wildman–Crippen MR) is 88.5 cm³/mol. The first kappa shape index (κ1) is 15.8. The van der Waals surface area contributed by atoms with Crippen LogP contribution in [-0.2, 0) is 4.79 Å². The maximum absolute atomic E-state index is 12.6. The van der Waals surface area contributed by atoms with Crippen LogP contribution in [0.4, 0.5) is 5.95 Å².